The first-order valence-corrected chi connectivity index (χ1v) is 9.45. The van der Waals surface area contributed by atoms with Crippen LogP contribution in [0.4, 0.5) is 22.9 Å². The lowest BCUT2D eigenvalue weighted by molar-refractivity contribution is -0.114. The van der Waals surface area contributed by atoms with Gasteiger partial charge in [0.1, 0.15) is 5.82 Å². The van der Waals surface area contributed by atoms with Gasteiger partial charge in [-0.05, 0) is 61.9 Å². The number of anilines is 4. The molecule has 0 aliphatic rings. The molecule has 0 bridgehead atoms. The van der Waals surface area contributed by atoms with E-state index in [4.69, 9.17) is 0 Å². The quantitative estimate of drug-likeness (QED) is 0.638. The number of aryl methyl sites for hydroxylation is 1. The van der Waals surface area contributed by atoms with Gasteiger partial charge in [-0.3, -0.25) is 9.59 Å². The zero-order valence-corrected chi connectivity index (χ0v) is 16.8. The maximum absolute atomic E-state index is 13.1. The van der Waals surface area contributed by atoms with Gasteiger partial charge < -0.3 is 15.5 Å². The van der Waals surface area contributed by atoms with Crippen LogP contribution in [-0.2, 0) is 4.79 Å². The normalized spacial score (nSPS) is 10.3. The van der Waals surface area contributed by atoms with Gasteiger partial charge in [-0.15, -0.1) is 0 Å². The maximum atomic E-state index is 13.1. The molecule has 0 fully saturated rings. The first-order valence-electron chi connectivity index (χ1n) is 9.45. The molecule has 1 aromatic heterocycles. The van der Waals surface area contributed by atoms with Crippen LogP contribution < -0.4 is 15.5 Å². The molecule has 0 aliphatic carbocycles. The number of rotatable bonds is 6. The zero-order chi connectivity index (χ0) is 20.8. The Hall–Kier alpha value is -3.67. The summed E-state index contributed by atoms with van der Waals surface area (Å²) in [7, 11) is 0. The van der Waals surface area contributed by atoms with Gasteiger partial charge >= 0.3 is 0 Å². The van der Waals surface area contributed by atoms with Crippen molar-refractivity contribution in [1.82, 2.24) is 4.98 Å². The standard InChI is InChI=1S/C23H24N4O2/c1-4-27(21-10-5-7-16(2)13-21)23(29)18-11-12-24-22(14-18)26-20-9-6-8-19(15-20)25-17(3)28/h5-15H,4H2,1-3H3,(H,24,26)(H,25,28). The largest absolute Gasteiger partial charge is 0.340 e. The fourth-order valence-electron chi connectivity index (χ4n) is 3.05. The fraction of sp³-hybridized carbons (Fsp3) is 0.174. The number of nitrogens with zero attached hydrogens (tertiary/aromatic N) is 2. The van der Waals surface area contributed by atoms with E-state index in [1.54, 1.807) is 29.3 Å². The minimum absolute atomic E-state index is 0.0875. The summed E-state index contributed by atoms with van der Waals surface area (Å²) < 4.78 is 0. The number of hydrogen-bond donors (Lipinski definition) is 2. The molecular weight excluding hydrogens is 364 g/mol. The maximum Gasteiger partial charge on any atom is 0.258 e. The van der Waals surface area contributed by atoms with Crippen molar-refractivity contribution in [2.75, 3.05) is 22.1 Å². The summed E-state index contributed by atoms with van der Waals surface area (Å²) in [6.07, 6.45) is 1.61. The van der Waals surface area contributed by atoms with Crippen molar-refractivity contribution in [1.29, 1.82) is 0 Å². The first kappa shape index (κ1) is 20.1. The van der Waals surface area contributed by atoms with E-state index < -0.39 is 0 Å². The number of benzene rings is 2. The summed E-state index contributed by atoms with van der Waals surface area (Å²) in [6, 6.07) is 18.6. The Morgan fingerprint density at radius 3 is 2.48 bits per heavy atom. The van der Waals surface area contributed by atoms with E-state index in [9.17, 15) is 9.59 Å². The van der Waals surface area contributed by atoms with Crippen molar-refractivity contribution < 1.29 is 9.59 Å². The Morgan fingerprint density at radius 2 is 1.76 bits per heavy atom. The molecular formula is C23H24N4O2. The molecule has 0 radical (unpaired) electrons. The Kier molecular flexibility index (Phi) is 6.24. The van der Waals surface area contributed by atoms with Gasteiger partial charge in [0, 0.05) is 42.3 Å². The second kappa shape index (κ2) is 9.01. The van der Waals surface area contributed by atoms with E-state index in [1.165, 1.54) is 6.92 Å². The first-order chi connectivity index (χ1) is 14.0. The molecule has 0 atom stereocenters. The van der Waals surface area contributed by atoms with Crippen molar-refractivity contribution in [3.63, 3.8) is 0 Å². The smallest absolute Gasteiger partial charge is 0.258 e. The highest BCUT2D eigenvalue weighted by Gasteiger charge is 2.17. The molecule has 0 aliphatic heterocycles. The van der Waals surface area contributed by atoms with E-state index >= 15 is 0 Å². The molecule has 2 amide bonds. The van der Waals surface area contributed by atoms with Crippen LogP contribution in [0.1, 0.15) is 29.8 Å². The molecule has 6 nitrogen and oxygen atoms in total. The average molecular weight is 388 g/mol. The summed E-state index contributed by atoms with van der Waals surface area (Å²) in [6.45, 7) is 5.98. The van der Waals surface area contributed by atoms with E-state index in [-0.39, 0.29) is 11.8 Å². The lowest BCUT2D eigenvalue weighted by atomic mass is 10.1. The molecule has 6 heteroatoms. The summed E-state index contributed by atoms with van der Waals surface area (Å²) in [5, 5.41) is 5.93. The molecule has 0 spiro atoms. The van der Waals surface area contributed by atoms with Crippen molar-refractivity contribution in [3.8, 4) is 0 Å². The van der Waals surface area contributed by atoms with Crippen LogP contribution in [0, 0.1) is 6.92 Å². The molecule has 2 N–H and O–H groups in total. The third kappa shape index (κ3) is 5.19. The topological polar surface area (TPSA) is 74.3 Å². The van der Waals surface area contributed by atoms with Gasteiger partial charge in [-0.25, -0.2) is 4.98 Å². The molecule has 148 valence electrons. The van der Waals surface area contributed by atoms with Crippen molar-refractivity contribution in [2.24, 2.45) is 0 Å². The Labute approximate surface area is 170 Å². The van der Waals surface area contributed by atoms with Crippen LogP contribution in [0.3, 0.4) is 0 Å². The molecule has 0 saturated heterocycles. The third-order valence-electron chi connectivity index (χ3n) is 4.34. The average Bonchev–Trinajstić information content (AvgIpc) is 2.68. The molecule has 3 rings (SSSR count). The minimum Gasteiger partial charge on any atom is -0.340 e. The molecule has 2 aromatic carbocycles. The van der Waals surface area contributed by atoms with Gasteiger partial charge in [-0.1, -0.05) is 18.2 Å². The Balaban J connectivity index is 1.81. The number of aromatic nitrogens is 1. The number of nitrogens with one attached hydrogen (secondary N) is 2. The predicted molar refractivity (Wildman–Crippen MR) is 117 cm³/mol. The van der Waals surface area contributed by atoms with Crippen molar-refractivity contribution >= 4 is 34.7 Å². The molecule has 0 unspecified atom stereocenters. The highest BCUT2D eigenvalue weighted by atomic mass is 16.2. The number of carbonyl (C=O) groups is 2. The van der Waals surface area contributed by atoms with E-state index in [0.717, 1.165) is 16.9 Å². The second-order valence-corrected chi connectivity index (χ2v) is 6.71. The zero-order valence-electron chi connectivity index (χ0n) is 16.8. The predicted octanol–water partition coefficient (Wildman–Crippen LogP) is 4.76. The fourth-order valence-corrected chi connectivity index (χ4v) is 3.05. The van der Waals surface area contributed by atoms with Gasteiger partial charge in [0.2, 0.25) is 5.91 Å². The Bertz CT molecular complexity index is 1030. The monoisotopic (exact) mass is 388 g/mol. The second-order valence-electron chi connectivity index (χ2n) is 6.71. The van der Waals surface area contributed by atoms with Crippen LogP contribution in [-0.4, -0.2) is 23.3 Å². The van der Waals surface area contributed by atoms with E-state index in [1.807, 2.05) is 56.3 Å². The molecule has 29 heavy (non-hydrogen) atoms. The number of carbonyl (C=O) groups excluding carboxylic acids is 2. The van der Waals surface area contributed by atoms with Crippen LogP contribution in [0.25, 0.3) is 0 Å². The van der Waals surface area contributed by atoms with Crippen LogP contribution in [0.2, 0.25) is 0 Å². The summed E-state index contributed by atoms with van der Waals surface area (Å²) in [5.74, 6) is 0.329. The summed E-state index contributed by atoms with van der Waals surface area (Å²) in [4.78, 5) is 30.4. The van der Waals surface area contributed by atoms with Gasteiger partial charge in [-0.2, -0.15) is 0 Å². The number of pyridine rings is 1. The van der Waals surface area contributed by atoms with E-state index in [0.29, 0.717) is 23.6 Å². The third-order valence-corrected chi connectivity index (χ3v) is 4.34. The Morgan fingerprint density at radius 1 is 1.00 bits per heavy atom. The van der Waals surface area contributed by atoms with Gasteiger partial charge in [0.15, 0.2) is 0 Å². The molecule has 3 aromatic rings. The highest BCUT2D eigenvalue weighted by molar-refractivity contribution is 6.06. The lowest BCUT2D eigenvalue weighted by Crippen LogP contribution is -2.30. The number of hydrogen-bond acceptors (Lipinski definition) is 4. The SMILES string of the molecule is CCN(C(=O)c1ccnc(Nc2cccc(NC(C)=O)c2)c1)c1cccc(C)c1. The summed E-state index contributed by atoms with van der Waals surface area (Å²) in [5.41, 5.74) is 3.96. The van der Waals surface area contributed by atoms with Crippen molar-refractivity contribution in [2.45, 2.75) is 20.8 Å². The van der Waals surface area contributed by atoms with E-state index in [2.05, 4.69) is 15.6 Å². The number of amides is 2. The van der Waals surface area contributed by atoms with Gasteiger partial charge in [0.05, 0.1) is 0 Å². The van der Waals surface area contributed by atoms with Crippen LogP contribution in [0.15, 0.2) is 66.9 Å². The summed E-state index contributed by atoms with van der Waals surface area (Å²) >= 11 is 0. The van der Waals surface area contributed by atoms with Crippen molar-refractivity contribution in [3.05, 3.63) is 78.0 Å². The van der Waals surface area contributed by atoms with Crippen LogP contribution in [0.5, 0.6) is 0 Å². The molecule has 1 heterocycles. The van der Waals surface area contributed by atoms with Gasteiger partial charge in [0.25, 0.3) is 5.91 Å². The minimum atomic E-state index is -0.135. The molecule has 0 saturated carbocycles. The highest BCUT2D eigenvalue weighted by Crippen LogP contribution is 2.22. The van der Waals surface area contributed by atoms with Crippen LogP contribution >= 0.6 is 0 Å². The lowest BCUT2D eigenvalue weighted by Gasteiger charge is -2.22.